The van der Waals surface area contributed by atoms with E-state index in [-0.39, 0.29) is 17.7 Å². The highest BCUT2D eigenvalue weighted by Crippen LogP contribution is 2.29. The lowest BCUT2D eigenvalue weighted by atomic mass is 10.1. The van der Waals surface area contributed by atoms with Gasteiger partial charge < -0.3 is 10.1 Å². The number of ether oxygens (including phenoxy) is 1. The summed E-state index contributed by atoms with van der Waals surface area (Å²) in [6.07, 6.45) is -4.73. The Balaban J connectivity index is 1.98. The first-order chi connectivity index (χ1) is 11.2. The summed E-state index contributed by atoms with van der Waals surface area (Å²) in [6, 6.07) is 9.64. The number of amides is 1. The first kappa shape index (κ1) is 17.7. The van der Waals surface area contributed by atoms with Crippen molar-refractivity contribution in [3.8, 4) is 5.75 Å². The highest BCUT2D eigenvalue weighted by atomic mass is 19.4. The maximum absolute atomic E-state index is 12.6. The van der Waals surface area contributed by atoms with Gasteiger partial charge in [0.1, 0.15) is 5.75 Å². The Labute approximate surface area is 134 Å². The smallest absolute Gasteiger partial charge is 0.416 e. The van der Waals surface area contributed by atoms with Crippen LogP contribution in [0.4, 0.5) is 27.6 Å². The molecule has 0 radical (unpaired) electrons. The average Bonchev–Trinajstić information content (AvgIpc) is 2.48. The molecule has 2 aromatic carbocycles. The summed E-state index contributed by atoms with van der Waals surface area (Å²) >= 11 is 0. The molecule has 0 bridgehead atoms. The average molecular weight is 345 g/mol. The normalized spacial score (nSPS) is 11.4. The molecular formula is C16H12F5NO2. The van der Waals surface area contributed by atoms with Crippen molar-refractivity contribution in [2.24, 2.45) is 0 Å². The SMILES string of the molecule is O=C(Cc1cccc(C(F)(F)F)c1)Nc1ccc(OC(F)F)cc1. The van der Waals surface area contributed by atoms with E-state index < -0.39 is 24.3 Å². The van der Waals surface area contributed by atoms with Gasteiger partial charge in [0.2, 0.25) is 5.91 Å². The minimum absolute atomic E-state index is 0.0686. The monoisotopic (exact) mass is 345 g/mol. The molecule has 128 valence electrons. The third-order valence-corrected chi connectivity index (χ3v) is 2.98. The first-order valence-corrected chi connectivity index (χ1v) is 6.75. The Hall–Kier alpha value is -2.64. The highest BCUT2D eigenvalue weighted by Gasteiger charge is 2.30. The minimum Gasteiger partial charge on any atom is -0.435 e. The van der Waals surface area contributed by atoms with Gasteiger partial charge in [0.25, 0.3) is 0 Å². The standard InChI is InChI=1S/C16H12F5NO2/c17-15(18)24-13-6-4-12(5-7-13)22-14(23)9-10-2-1-3-11(8-10)16(19,20)21/h1-8,15H,9H2,(H,22,23). The van der Waals surface area contributed by atoms with Crippen LogP contribution in [-0.4, -0.2) is 12.5 Å². The predicted molar refractivity (Wildman–Crippen MR) is 76.9 cm³/mol. The van der Waals surface area contributed by atoms with E-state index in [0.717, 1.165) is 12.1 Å². The zero-order chi connectivity index (χ0) is 17.7. The number of carbonyl (C=O) groups excluding carboxylic acids is 1. The Morgan fingerprint density at radius 3 is 2.33 bits per heavy atom. The van der Waals surface area contributed by atoms with Crippen molar-refractivity contribution in [1.29, 1.82) is 0 Å². The van der Waals surface area contributed by atoms with Gasteiger partial charge >= 0.3 is 12.8 Å². The lowest BCUT2D eigenvalue weighted by Gasteiger charge is -2.10. The fourth-order valence-corrected chi connectivity index (χ4v) is 1.97. The molecule has 0 saturated carbocycles. The van der Waals surface area contributed by atoms with E-state index in [0.29, 0.717) is 5.69 Å². The second kappa shape index (κ2) is 7.29. The van der Waals surface area contributed by atoms with E-state index in [1.165, 1.54) is 36.4 Å². The first-order valence-electron chi connectivity index (χ1n) is 6.75. The van der Waals surface area contributed by atoms with Gasteiger partial charge in [0.05, 0.1) is 12.0 Å². The van der Waals surface area contributed by atoms with Crippen LogP contribution in [0.5, 0.6) is 5.75 Å². The van der Waals surface area contributed by atoms with E-state index in [1.807, 2.05) is 0 Å². The molecular weight excluding hydrogens is 333 g/mol. The van der Waals surface area contributed by atoms with Gasteiger partial charge in [-0.3, -0.25) is 4.79 Å². The van der Waals surface area contributed by atoms with Crippen LogP contribution in [-0.2, 0) is 17.4 Å². The molecule has 1 N–H and O–H groups in total. The number of carbonyl (C=O) groups is 1. The van der Waals surface area contributed by atoms with Crippen molar-refractivity contribution in [1.82, 2.24) is 0 Å². The van der Waals surface area contributed by atoms with Crippen molar-refractivity contribution < 1.29 is 31.5 Å². The van der Waals surface area contributed by atoms with Crippen LogP contribution in [0.2, 0.25) is 0 Å². The Kier molecular flexibility index (Phi) is 5.38. The maximum atomic E-state index is 12.6. The van der Waals surface area contributed by atoms with Crippen LogP contribution < -0.4 is 10.1 Å². The fraction of sp³-hybridized carbons (Fsp3) is 0.188. The van der Waals surface area contributed by atoms with Gasteiger partial charge in [0, 0.05) is 5.69 Å². The Bertz CT molecular complexity index is 698. The van der Waals surface area contributed by atoms with Crippen molar-refractivity contribution in [3.05, 3.63) is 59.7 Å². The van der Waals surface area contributed by atoms with Crippen LogP contribution in [0.1, 0.15) is 11.1 Å². The summed E-state index contributed by atoms with van der Waals surface area (Å²) in [5, 5.41) is 2.47. The number of nitrogens with one attached hydrogen (secondary N) is 1. The highest BCUT2D eigenvalue weighted by molar-refractivity contribution is 5.92. The second-order valence-corrected chi connectivity index (χ2v) is 4.83. The summed E-state index contributed by atoms with van der Waals surface area (Å²) in [5.74, 6) is -0.599. The number of hydrogen-bond donors (Lipinski definition) is 1. The van der Waals surface area contributed by atoms with E-state index in [2.05, 4.69) is 10.1 Å². The number of hydrogen-bond acceptors (Lipinski definition) is 2. The summed E-state index contributed by atoms with van der Waals surface area (Å²) in [4.78, 5) is 11.9. The lowest BCUT2D eigenvalue weighted by molar-refractivity contribution is -0.137. The van der Waals surface area contributed by atoms with Gasteiger partial charge in [-0.05, 0) is 35.9 Å². The molecule has 0 atom stereocenters. The van der Waals surface area contributed by atoms with Crippen LogP contribution in [0.25, 0.3) is 0 Å². The largest absolute Gasteiger partial charge is 0.435 e. The van der Waals surface area contributed by atoms with E-state index >= 15 is 0 Å². The van der Waals surface area contributed by atoms with E-state index in [1.54, 1.807) is 0 Å². The van der Waals surface area contributed by atoms with Gasteiger partial charge in [-0.1, -0.05) is 18.2 Å². The quantitative estimate of drug-likeness (QED) is 0.811. The van der Waals surface area contributed by atoms with Crippen molar-refractivity contribution >= 4 is 11.6 Å². The Morgan fingerprint density at radius 2 is 1.75 bits per heavy atom. The molecule has 0 saturated heterocycles. The molecule has 0 aliphatic carbocycles. The van der Waals surface area contributed by atoms with Crippen LogP contribution in [0, 0.1) is 0 Å². The molecule has 2 rings (SSSR count). The number of alkyl halides is 5. The molecule has 0 aromatic heterocycles. The van der Waals surface area contributed by atoms with Crippen molar-refractivity contribution in [3.63, 3.8) is 0 Å². The van der Waals surface area contributed by atoms with Crippen molar-refractivity contribution in [2.75, 3.05) is 5.32 Å². The molecule has 0 unspecified atom stereocenters. The molecule has 0 fully saturated rings. The third kappa shape index (κ3) is 5.22. The van der Waals surface area contributed by atoms with E-state index in [9.17, 15) is 26.7 Å². The second-order valence-electron chi connectivity index (χ2n) is 4.83. The molecule has 0 aliphatic heterocycles. The molecule has 1 amide bonds. The lowest BCUT2D eigenvalue weighted by Crippen LogP contribution is -2.15. The van der Waals surface area contributed by atoms with Gasteiger partial charge in [-0.25, -0.2) is 0 Å². The summed E-state index contributed by atoms with van der Waals surface area (Å²) in [5.41, 5.74) is -0.310. The maximum Gasteiger partial charge on any atom is 0.416 e. The molecule has 2 aromatic rings. The predicted octanol–water partition coefficient (Wildman–Crippen LogP) is 4.49. The summed E-state index contributed by atoms with van der Waals surface area (Å²) < 4.78 is 66.0. The summed E-state index contributed by atoms with van der Waals surface area (Å²) in [7, 11) is 0. The van der Waals surface area contributed by atoms with E-state index in [4.69, 9.17) is 0 Å². The van der Waals surface area contributed by atoms with Gasteiger partial charge in [-0.2, -0.15) is 22.0 Å². The topological polar surface area (TPSA) is 38.3 Å². The molecule has 3 nitrogen and oxygen atoms in total. The number of benzene rings is 2. The van der Waals surface area contributed by atoms with Gasteiger partial charge in [-0.15, -0.1) is 0 Å². The molecule has 0 spiro atoms. The Morgan fingerprint density at radius 1 is 1.08 bits per heavy atom. The zero-order valence-corrected chi connectivity index (χ0v) is 12.1. The number of rotatable bonds is 5. The van der Waals surface area contributed by atoms with Gasteiger partial charge in [0.15, 0.2) is 0 Å². The zero-order valence-electron chi connectivity index (χ0n) is 12.1. The number of halogens is 5. The van der Waals surface area contributed by atoms with Crippen LogP contribution in [0.15, 0.2) is 48.5 Å². The molecule has 0 heterocycles. The van der Waals surface area contributed by atoms with Crippen LogP contribution in [0.3, 0.4) is 0 Å². The van der Waals surface area contributed by atoms with Crippen LogP contribution >= 0.6 is 0 Å². The minimum atomic E-state index is -4.48. The summed E-state index contributed by atoms with van der Waals surface area (Å²) in [6.45, 7) is -2.95. The molecule has 8 heteroatoms. The third-order valence-electron chi connectivity index (χ3n) is 2.98. The molecule has 24 heavy (non-hydrogen) atoms. The fourth-order valence-electron chi connectivity index (χ4n) is 1.97. The number of anilines is 1. The molecule has 0 aliphatic rings. The van der Waals surface area contributed by atoms with Crippen molar-refractivity contribution in [2.45, 2.75) is 19.2 Å².